The number of ether oxygens (including phenoxy) is 6. The molecule has 2 amide bonds. The van der Waals surface area contributed by atoms with Crippen LogP contribution in [-0.2, 0) is 18.9 Å². The van der Waals surface area contributed by atoms with Gasteiger partial charge in [0.2, 0.25) is 11.2 Å². The summed E-state index contributed by atoms with van der Waals surface area (Å²) in [5.41, 5.74) is 5.84. The van der Waals surface area contributed by atoms with Gasteiger partial charge in [-0.2, -0.15) is 9.97 Å². The van der Waals surface area contributed by atoms with Crippen LogP contribution in [0.2, 0.25) is 5.28 Å². The number of nitrogens with zero attached hydrogens (tertiary/aromatic N) is 4. The fraction of sp³-hybridized carbons (Fsp3) is 0.450. The lowest BCUT2D eigenvalue weighted by Gasteiger charge is -2.19. The first-order chi connectivity index (χ1) is 28.9. The van der Waals surface area contributed by atoms with Crippen molar-refractivity contribution < 1.29 is 46.8 Å². The molecule has 2 aromatic carbocycles. The molecule has 0 spiro atoms. The van der Waals surface area contributed by atoms with E-state index in [4.69, 9.17) is 45.8 Å². The number of halogens is 3. The Labute approximate surface area is 360 Å². The van der Waals surface area contributed by atoms with E-state index >= 15 is 0 Å². The summed E-state index contributed by atoms with van der Waals surface area (Å²) < 4.78 is 57.9. The van der Waals surface area contributed by atoms with Gasteiger partial charge in [-0.05, 0) is 102 Å². The number of hydrogen-bond acceptors (Lipinski definition) is 16. The summed E-state index contributed by atoms with van der Waals surface area (Å²) in [6.07, 6.45) is 0.972. The quantitative estimate of drug-likeness (QED) is 0.0342. The monoisotopic (exact) mass is 878 g/mol. The van der Waals surface area contributed by atoms with Crippen molar-refractivity contribution in [3.8, 4) is 11.5 Å². The van der Waals surface area contributed by atoms with E-state index in [1.165, 1.54) is 0 Å². The van der Waals surface area contributed by atoms with Crippen LogP contribution in [0.5, 0.6) is 11.5 Å². The van der Waals surface area contributed by atoms with Gasteiger partial charge in [-0.1, -0.05) is 0 Å². The number of rotatable bonds is 18. The molecule has 0 radical (unpaired) electrons. The Morgan fingerprint density at radius 3 is 1.56 bits per heavy atom. The molecular weight excluding hydrogens is 822 g/mol. The number of carbonyl (C=O) groups is 2. The predicted molar refractivity (Wildman–Crippen MR) is 230 cm³/mol. The van der Waals surface area contributed by atoms with E-state index in [0.717, 1.165) is 29.5 Å². The van der Waals surface area contributed by atoms with Gasteiger partial charge in [-0.15, -0.1) is 0 Å². The molecule has 336 valence electrons. The van der Waals surface area contributed by atoms with E-state index in [2.05, 4.69) is 46.5 Å². The van der Waals surface area contributed by atoms with Crippen molar-refractivity contribution in [2.45, 2.75) is 52.7 Å². The van der Waals surface area contributed by atoms with Crippen LogP contribution in [-0.4, -0.2) is 110 Å². The molecule has 0 atom stereocenters. The highest BCUT2D eigenvalue weighted by molar-refractivity contribution is 6.28. The van der Waals surface area contributed by atoms with Gasteiger partial charge in [0, 0.05) is 51.8 Å². The third-order valence-corrected chi connectivity index (χ3v) is 6.92. The van der Waals surface area contributed by atoms with Crippen molar-refractivity contribution in [2.24, 2.45) is 0 Å². The summed E-state index contributed by atoms with van der Waals surface area (Å²) in [7, 11) is 3.26. The van der Waals surface area contributed by atoms with Crippen molar-refractivity contribution in [2.75, 3.05) is 88.5 Å². The number of nitrogens with one attached hydrogen (secondary N) is 5. The summed E-state index contributed by atoms with van der Waals surface area (Å²) in [4.78, 5) is 38.1. The molecule has 2 aromatic heterocycles. The molecule has 0 fully saturated rings. The first kappa shape index (κ1) is 51.2. The van der Waals surface area contributed by atoms with E-state index in [-0.39, 0.29) is 49.0 Å². The van der Waals surface area contributed by atoms with Gasteiger partial charge in [0.1, 0.15) is 35.9 Å². The molecule has 61 heavy (non-hydrogen) atoms. The molecule has 0 saturated heterocycles. The highest BCUT2D eigenvalue weighted by Gasteiger charge is 2.17. The Morgan fingerprint density at radius 2 is 1.10 bits per heavy atom. The smallest absolute Gasteiger partial charge is 0.407 e. The lowest BCUT2D eigenvalue weighted by atomic mass is 10.2. The fourth-order valence-electron chi connectivity index (χ4n) is 4.15. The lowest BCUT2D eigenvalue weighted by Crippen LogP contribution is -2.35. The highest BCUT2D eigenvalue weighted by Crippen LogP contribution is 2.20. The summed E-state index contributed by atoms with van der Waals surface area (Å²) in [5, 5.41) is 13.6. The van der Waals surface area contributed by atoms with Crippen LogP contribution in [0.3, 0.4) is 0 Å². The normalized spacial score (nSPS) is 10.7. The number of carbonyl (C=O) groups excluding carboxylic acids is 2. The van der Waals surface area contributed by atoms with Crippen LogP contribution in [0.25, 0.3) is 0 Å². The lowest BCUT2D eigenvalue weighted by molar-refractivity contribution is 0.0518. The standard InChI is InChI=1S/C20H28FN5O4.C11H16ClFN4O2.C9H13NO2/c1-20(2,3)30-19(27)23-10-9-22-17-16(21)13-24-18(26-17)25-14-5-7-15(8-6-14)29-12-11-28-4;1-11(2,3)19-10(18)15-5-4-14-8-7(13)6-16-9(12)17-8;1-11-6-7-12-9-4-2-8(10)3-5-9/h5-8,13H,9-12H2,1-4H3,(H,23,27)(H2,22,24,25,26);6H,4-5H2,1-3H3,(H,15,18)(H,14,16,17);2-5H,6-7,10H2,1H3. The van der Waals surface area contributed by atoms with Gasteiger partial charge in [0.05, 0.1) is 25.6 Å². The number of nitrogen functional groups attached to an aromatic ring is 1. The first-order valence-electron chi connectivity index (χ1n) is 19.0. The Kier molecular flexibility index (Phi) is 22.6. The van der Waals surface area contributed by atoms with Crippen LogP contribution in [0.15, 0.2) is 60.9 Å². The zero-order valence-electron chi connectivity index (χ0n) is 35.7. The minimum absolute atomic E-state index is 0.00834. The number of alkyl carbamates (subject to hydrolysis) is 2. The van der Waals surface area contributed by atoms with Crippen LogP contribution in [0.4, 0.5) is 47.3 Å². The SMILES string of the molecule is CC(C)(C)OC(=O)NCCNc1nc(Cl)ncc1F.COCCOc1ccc(N)cc1.COCCOc1ccc(Nc2ncc(F)c(NCCNC(=O)OC(C)(C)C)n2)cc1. The Bertz CT molecular complexity index is 1890. The van der Waals surface area contributed by atoms with E-state index in [0.29, 0.717) is 32.2 Å². The molecule has 7 N–H and O–H groups in total. The van der Waals surface area contributed by atoms with Crippen molar-refractivity contribution in [1.29, 1.82) is 0 Å². The fourth-order valence-corrected chi connectivity index (χ4v) is 4.29. The molecule has 0 aliphatic carbocycles. The van der Waals surface area contributed by atoms with Gasteiger partial charge in [-0.25, -0.2) is 28.3 Å². The second-order valence-electron chi connectivity index (χ2n) is 14.3. The number of amides is 2. The average Bonchev–Trinajstić information content (AvgIpc) is 3.18. The maximum absolute atomic E-state index is 14.0. The maximum atomic E-state index is 14.0. The number of methoxy groups -OCH3 is 2. The molecule has 4 rings (SSSR count). The van der Waals surface area contributed by atoms with Gasteiger partial charge in [-0.3, -0.25) is 0 Å². The van der Waals surface area contributed by atoms with Crippen LogP contribution >= 0.6 is 11.6 Å². The van der Waals surface area contributed by atoms with Crippen LogP contribution in [0.1, 0.15) is 41.5 Å². The number of aromatic nitrogens is 4. The number of nitrogens with two attached hydrogens (primary N) is 1. The van der Waals surface area contributed by atoms with Crippen molar-refractivity contribution >= 4 is 52.7 Å². The third kappa shape index (κ3) is 24.0. The molecular formula is C40H57ClF2N10O8. The maximum Gasteiger partial charge on any atom is 0.407 e. The predicted octanol–water partition coefficient (Wildman–Crippen LogP) is 6.82. The molecule has 0 bridgehead atoms. The Balaban J connectivity index is 0.000000351. The Morgan fingerprint density at radius 1 is 0.656 bits per heavy atom. The van der Waals surface area contributed by atoms with Crippen LogP contribution in [0, 0.1) is 11.6 Å². The molecule has 0 unspecified atom stereocenters. The highest BCUT2D eigenvalue weighted by atomic mass is 35.5. The molecule has 2 heterocycles. The Hall–Kier alpha value is -5.99. The second kappa shape index (κ2) is 27.0. The minimum atomic E-state index is -0.610. The zero-order chi connectivity index (χ0) is 45.3. The third-order valence-electron chi connectivity index (χ3n) is 6.73. The minimum Gasteiger partial charge on any atom is -0.491 e. The largest absolute Gasteiger partial charge is 0.491 e. The molecule has 4 aromatic rings. The summed E-state index contributed by atoms with van der Waals surface area (Å²) in [6.45, 7) is 13.8. The van der Waals surface area contributed by atoms with E-state index in [1.54, 1.807) is 80.0 Å². The van der Waals surface area contributed by atoms with E-state index < -0.39 is 35.0 Å². The number of hydrogen-bond donors (Lipinski definition) is 6. The van der Waals surface area contributed by atoms with E-state index in [1.807, 2.05) is 24.3 Å². The van der Waals surface area contributed by atoms with E-state index in [9.17, 15) is 18.4 Å². The zero-order valence-corrected chi connectivity index (χ0v) is 36.5. The molecule has 0 aliphatic rings. The van der Waals surface area contributed by atoms with Crippen LogP contribution < -0.4 is 41.8 Å². The van der Waals surface area contributed by atoms with Crippen molar-refractivity contribution in [1.82, 2.24) is 30.6 Å². The van der Waals surface area contributed by atoms with Crippen molar-refractivity contribution in [3.05, 3.63) is 77.8 Å². The topological polar surface area (TPSA) is 227 Å². The van der Waals surface area contributed by atoms with Gasteiger partial charge in [0.15, 0.2) is 23.3 Å². The summed E-state index contributed by atoms with van der Waals surface area (Å²) >= 11 is 5.53. The molecule has 18 nitrogen and oxygen atoms in total. The van der Waals surface area contributed by atoms with Gasteiger partial charge >= 0.3 is 12.2 Å². The number of anilines is 5. The molecule has 21 heteroatoms. The average molecular weight is 879 g/mol. The summed E-state index contributed by atoms with van der Waals surface area (Å²) in [5.74, 6) is 0.566. The summed E-state index contributed by atoms with van der Waals surface area (Å²) in [6, 6.07) is 14.5. The number of benzene rings is 2. The van der Waals surface area contributed by atoms with Gasteiger partial charge < -0.3 is 60.7 Å². The van der Waals surface area contributed by atoms with Gasteiger partial charge in [0.25, 0.3) is 0 Å². The molecule has 0 aliphatic heterocycles. The molecule has 0 saturated carbocycles. The first-order valence-corrected chi connectivity index (χ1v) is 19.3. The van der Waals surface area contributed by atoms with Crippen molar-refractivity contribution in [3.63, 3.8) is 0 Å². The second-order valence-corrected chi connectivity index (χ2v) is 14.7.